The van der Waals surface area contributed by atoms with E-state index in [-0.39, 0.29) is 31.1 Å². The molecule has 0 rings (SSSR count). The van der Waals surface area contributed by atoms with Gasteiger partial charge in [-0.15, -0.1) is 0 Å². The summed E-state index contributed by atoms with van der Waals surface area (Å²) in [4.78, 5) is 38.0. The molecule has 0 saturated carbocycles. The zero-order valence-electron chi connectivity index (χ0n) is 47.1. The van der Waals surface area contributed by atoms with E-state index in [4.69, 9.17) is 14.2 Å². The average Bonchev–Trinajstić information content (AvgIpc) is 3.36. The zero-order chi connectivity index (χ0) is 50.7. The van der Waals surface area contributed by atoms with Crippen LogP contribution in [0.2, 0.25) is 0 Å². The Hall–Kier alpha value is -2.37. The molecule has 6 nitrogen and oxygen atoms in total. The molecule has 0 N–H and O–H groups in total. The summed E-state index contributed by atoms with van der Waals surface area (Å²) in [6, 6.07) is 0. The van der Waals surface area contributed by atoms with E-state index in [0.717, 1.165) is 70.6 Å². The minimum Gasteiger partial charge on any atom is -0.462 e. The van der Waals surface area contributed by atoms with Gasteiger partial charge in [0.05, 0.1) is 0 Å². The lowest BCUT2D eigenvalue weighted by Crippen LogP contribution is -2.30. The zero-order valence-corrected chi connectivity index (χ0v) is 47.1. The standard InChI is InChI=1S/C64H118O6/c1-4-7-10-13-16-19-21-23-24-25-26-27-28-29-30-31-32-33-34-35-36-37-38-39-40-42-43-45-48-51-54-57-63(66)69-60-61(59-68-62(65)56-53-50-47-18-15-12-9-6-3)70-64(67)58-55-52-49-46-44-41-22-20-17-14-11-8-5-2/h21,23,25-26,28-29,61H,4-20,22,24,27,30-60H2,1-3H3/b23-21-,26-25-,29-28-. The predicted molar refractivity (Wildman–Crippen MR) is 302 cm³/mol. The number of ether oxygens (including phenoxy) is 3. The number of unbranched alkanes of at least 4 members (excludes halogenated alkanes) is 40. The average molecular weight is 984 g/mol. The largest absolute Gasteiger partial charge is 0.462 e. The van der Waals surface area contributed by atoms with Crippen molar-refractivity contribution in [2.45, 2.75) is 341 Å². The van der Waals surface area contributed by atoms with Crippen LogP contribution in [0, 0.1) is 0 Å². The van der Waals surface area contributed by atoms with E-state index < -0.39 is 6.10 Å². The van der Waals surface area contributed by atoms with Crippen LogP contribution in [-0.2, 0) is 28.6 Å². The van der Waals surface area contributed by atoms with E-state index in [1.165, 1.54) is 225 Å². The Morgan fingerprint density at radius 3 is 0.800 bits per heavy atom. The minimum atomic E-state index is -0.764. The number of allylic oxidation sites excluding steroid dienone is 6. The van der Waals surface area contributed by atoms with Crippen molar-refractivity contribution in [3.8, 4) is 0 Å². The third-order valence-electron chi connectivity index (χ3n) is 13.9. The van der Waals surface area contributed by atoms with Gasteiger partial charge in [-0.2, -0.15) is 0 Å². The number of carbonyl (C=O) groups is 3. The van der Waals surface area contributed by atoms with Crippen LogP contribution < -0.4 is 0 Å². The van der Waals surface area contributed by atoms with Crippen molar-refractivity contribution in [2.24, 2.45) is 0 Å². The number of rotatable bonds is 57. The molecule has 0 aliphatic carbocycles. The van der Waals surface area contributed by atoms with Gasteiger partial charge in [-0.25, -0.2) is 0 Å². The van der Waals surface area contributed by atoms with Gasteiger partial charge in [0, 0.05) is 19.3 Å². The van der Waals surface area contributed by atoms with Crippen LogP contribution >= 0.6 is 0 Å². The normalized spacial score (nSPS) is 12.2. The molecule has 0 aliphatic rings. The van der Waals surface area contributed by atoms with Gasteiger partial charge in [0.25, 0.3) is 0 Å². The first-order valence-electron chi connectivity index (χ1n) is 31.0. The Morgan fingerprint density at radius 2 is 0.514 bits per heavy atom. The summed E-state index contributed by atoms with van der Waals surface area (Å²) in [5.74, 6) is -0.852. The molecule has 410 valence electrons. The van der Waals surface area contributed by atoms with Gasteiger partial charge in [0.1, 0.15) is 13.2 Å². The van der Waals surface area contributed by atoms with Crippen LogP contribution in [-0.4, -0.2) is 37.2 Å². The van der Waals surface area contributed by atoms with Crippen molar-refractivity contribution in [2.75, 3.05) is 13.2 Å². The summed E-state index contributed by atoms with van der Waals surface area (Å²) >= 11 is 0. The van der Waals surface area contributed by atoms with E-state index in [9.17, 15) is 14.4 Å². The third-order valence-corrected chi connectivity index (χ3v) is 13.9. The van der Waals surface area contributed by atoms with Gasteiger partial charge in [-0.3, -0.25) is 14.4 Å². The molecular weight excluding hydrogens is 865 g/mol. The maximum absolute atomic E-state index is 12.8. The maximum Gasteiger partial charge on any atom is 0.306 e. The minimum absolute atomic E-state index is 0.0664. The summed E-state index contributed by atoms with van der Waals surface area (Å²) in [7, 11) is 0. The highest BCUT2D eigenvalue weighted by molar-refractivity contribution is 5.71. The smallest absolute Gasteiger partial charge is 0.306 e. The molecule has 0 saturated heterocycles. The Morgan fingerprint density at radius 1 is 0.286 bits per heavy atom. The molecule has 1 unspecified atom stereocenters. The highest BCUT2D eigenvalue weighted by atomic mass is 16.6. The monoisotopic (exact) mass is 983 g/mol. The molecular formula is C64H118O6. The molecule has 0 radical (unpaired) electrons. The molecule has 0 aromatic carbocycles. The summed E-state index contributed by atoms with van der Waals surface area (Å²) in [6.07, 6.45) is 71.8. The molecule has 0 heterocycles. The molecule has 0 fully saturated rings. The molecule has 70 heavy (non-hydrogen) atoms. The first-order chi connectivity index (χ1) is 34.5. The number of hydrogen-bond donors (Lipinski definition) is 0. The number of hydrogen-bond acceptors (Lipinski definition) is 6. The predicted octanol–water partition coefficient (Wildman–Crippen LogP) is 20.8. The lowest BCUT2D eigenvalue weighted by atomic mass is 10.0. The van der Waals surface area contributed by atoms with E-state index in [0.29, 0.717) is 19.3 Å². The highest BCUT2D eigenvalue weighted by Gasteiger charge is 2.19. The fourth-order valence-corrected chi connectivity index (χ4v) is 9.22. The fourth-order valence-electron chi connectivity index (χ4n) is 9.22. The maximum atomic E-state index is 12.8. The van der Waals surface area contributed by atoms with Crippen molar-refractivity contribution >= 4 is 17.9 Å². The molecule has 1 atom stereocenters. The van der Waals surface area contributed by atoms with Gasteiger partial charge in [-0.05, 0) is 57.8 Å². The number of carbonyl (C=O) groups excluding carboxylic acids is 3. The van der Waals surface area contributed by atoms with Crippen molar-refractivity contribution in [3.05, 3.63) is 36.5 Å². The lowest BCUT2D eigenvalue weighted by molar-refractivity contribution is -0.167. The highest BCUT2D eigenvalue weighted by Crippen LogP contribution is 2.17. The Kier molecular flexibility index (Phi) is 57.2. The Balaban J connectivity index is 4.01. The summed E-state index contributed by atoms with van der Waals surface area (Å²) in [5, 5.41) is 0. The summed E-state index contributed by atoms with van der Waals surface area (Å²) in [6.45, 7) is 6.64. The Labute approximate surface area is 435 Å². The molecule has 0 aliphatic heterocycles. The summed E-state index contributed by atoms with van der Waals surface area (Å²) < 4.78 is 16.8. The summed E-state index contributed by atoms with van der Waals surface area (Å²) in [5.41, 5.74) is 0. The fraction of sp³-hybridized carbons (Fsp3) is 0.859. The van der Waals surface area contributed by atoms with Crippen molar-refractivity contribution in [1.29, 1.82) is 0 Å². The molecule has 0 bridgehead atoms. The van der Waals surface area contributed by atoms with Crippen molar-refractivity contribution in [1.82, 2.24) is 0 Å². The van der Waals surface area contributed by atoms with Gasteiger partial charge in [0.15, 0.2) is 6.10 Å². The van der Waals surface area contributed by atoms with E-state index in [1.54, 1.807) is 0 Å². The van der Waals surface area contributed by atoms with Crippen LogP contribution in [0.3, 0.4) is 0 Å². The molecule has 0 aromatic rings. The topological polar surface area (TPSA) is 78.9 Å². The van der Waals surface area contributed by atoms with E-state index in [2.05, 4.69) is 57.2 Å². The van der Waals surface area contributed by atoms with Gasteiger partial charge in [0.2, 0.25) is 0 Å². The van der Waals surface area contributed by atoms with E-state index >= 15 is 0 Å². The van der Waals surface area contributed by atoms with E-state index in [1.807, 2.05) is 0 Å². The number of esters is 3. The first-order valence-corrected chi connectivity index (χ1v) is 31.0. The van der Waals surface area contributed by atoms with Gasteiger partial charge < -0.3 is 14.2 Å². The Bertz CT molecular complexity index is 1170. The van der Waals surface area contributed by atoms with Crippen LogP contribution in [0.5, 0.6) is 0 Å². The van der Waals surface area contributed by atoms with Gasteiger partial charge in [-0.1, -0.05) is 295 Å². The third kappa shape index (κ3) is 56.5. The second kappa shape index (κ2) is 59.2. The first kappa shape index (κ1) is 67.6. The van der Waals surface area contributed by atoms with Crippen LogP contribution in [0.25, 0.3) is 0 Å². The molecule has 0 aromatic heterocycles. The molecule has 0 spiro atoms. The lowest BCUT2D eigenvalue weighted by Gasteiger charge is -2.18. The van der Waals surface area contributed by atoms with Crippen molar-refractivity contribution in [3.63, 3.8) is 0 Å². The second-order valence-electron chi connectivity index (χ2n) is 21.0. The molecule has 6 heteroatoms. The van der Waals surface area contributed by atoms with Crippen molar-refractivity contribution < 1.29 is 28.6 Å². The van der Waals surface area contributed by atoms with Gasteiger partial charge >= 0.3 is 17.9 Å². The van der Waals surface area contributed by atoms with Crippen LogP contribution in [0.4, 0.5) is 0 Å². The second-order valence-corrected chi connectivity index (χ2v) is 21.0. The molecule has 0 amide bonds. The van der Waals surface area contributed by atoms with Crippen LogP contribution in [0.15, 0.2) is 36.5 Å². The van der Waals surface area contributed by atoms with Crippen LogP contribution in [0.1, 0.15) is 335 Å². The SMILES string of the molecule is CCCCCCC/C=C\C/C=C\C/C=C\CCCCCCCCCCCCCCCCCCC(=O)OCC(COC(=O)CCCCCCCCCC)OC(=O)CCCCCCCCCCCCCCC. The quantitative estimate of drug-likeness (QED) is 0.0261.